The second-order valence-corrected chi connectivity index (χ2v) is 4.25. The SMILES string of the molecule is CCCNC(C1=CCCO1)C(CC)CC. The van der Waals surface area contributed by atoms with Gasteiger partial charge in [0.25, 0.3) is 0 Å². The normalized spacial score (nSPS) is 17.7. The predicted octanol–water partition coefficient (Wildman–Crippen LogP) is 3.10. The van der Waals surface area contributed by atoms with E-state index in [9.17, 15) is 0 Å². The highest BCUT2D eigenvalue weighted by Gasteiger charge is 2.24. The van der Waals surface area contributed by atoms with E-state index in [2.05, 4.69) is 32.2 Å². The molecule has 0 aromatic heterocycles. The first kappa shape index (κ1) is 12.6. The average molecular weight is 211 g/mol. The van der Waals surface area contributed by atoms with Crippen LogP contribution in [0, 0.1) is 5.92 Å². The molecule has 0 aromatic rings. The zero-order valence-corrected chi connectivity index (χ0v) is 10.4. The van der Waals surface area contributed by atoms with Gasteiger partial charge in [0.2, 0.25) is 0 Å². The van der Waals surface area contributed by atoms with Crippen molar-refractivity contribution in [3.63, 3.8) is 0 Å². The lowest BCUT2D eigenvalue weighted by atomic mass is 9.92. The van der Waals surface area contributed by atoms with Gasteiger partial charge in [0, 0.05) is 6.42 Å². The molecule has 1 heterocycles. The van der Waals surface area contributed by atoms with E-state index < -0.39 is 0 Å². The fourth-order valence-corrected chi connectivity index (χ4v) is 2.21. The molecule has 0 aromatic carbocycles. The summed E-state index contributed by atoms with van der Waals surface area (Å²) in [7, 11) is 0. The molecule has 1 N–H and O–H groups in total. The minimum atomic E-state index is 0.447. The molecule has 0 radical (unpaired) electrons. The van der Waals surface area contributed by atoms with Gasteiger partial charge in [-0.2, -0.15) is 0 Å². The molecule has 0 saturated carbocycles. The maximum Gasteiger partial charge on any atom is 0.109 e. The fraction of sp³-hybridized carbons (Fsp3) is 0.846. The van der Waals surface area contributed by atoms with Gasteiger partial charge in [-0.05, 0) is 25.0 Å². The van der Waals surface area contributed by atoms with E-state index >= 15 is 0 Å². The molecule has 1 atom stereocenters. The van der Waals surface area contributed by atoms with E-state index in [4.69, 9.17) is 4.74 Å². The first-order valence-electron chi connectivity index (χ1n) is 6.39. The van der Waals surface area contributed by atoms with E-state index in [1.165, 1.54) is 25.0 Å². The average Bonchev–Trinajstić information content (AvgIpc) is 2.77. The van der Waals surface area contributed by atoms with Crippen molar-refractivity contribution in [2.45, 2.75) is 52.5 Å². The van der Waals surface area contributed by atoms with Crippen LogP contribution in [-0.4, -0.2) is 19.2 Å². The van der Waals surface area contributed by atoms with Crippen LogP contribution in [0.4, 0.5) is 0 Å². The van der Waals surface area contributed by atoms with Crippen molar-refractivity contribution in [2.24, 2.45) is 5.92 Å². The summed E-state index contributed by atoms with van der Waals surface area (Å²) >= 11 is 0. The van der Waals surface area contributed by atoms with Crippen LogP contribution in [0.1, 0.15) is 46.5 Å². The van der Waals surface area contributed by atoms with Crippen molar-refractivity contribution in [2.75, 3.05) is 13.2 Å². The van der Waals surface area contributed by atoms with Crippen LogP contribution in [0.15, 0.2) is 11.8 Å². The van der Waals surface area contributed by atoms with Crippen LogP contribution < -0.4 is 5.32 Å². The van der Waals surface area contributed by atoms with E-state index in [0.717, 1.165) is 19.6 Å². The summed E-state index contributed by atoms with van der Waals surface area (Å²) < 4.78 is 5.70. The predicted molar refractivity (Wildman–Crippen MR) is 64.8 cm³/mol. The number of hydrogen-bond acceptors (Lipinski definition) is 2. The Labute approximate surface area is 94.1 Å². The molecule has 0 fully saturated rings. The summed E-state index contributed by atoms with van der Waals surface area (Å²) in [6.45, 7) is 8.71. The summed E-state index contributed by atoms with van der Waals surface area (Å²) in [5.41, 5.74) is 0. The summed E-state index contributed by atoms with van der Waals surface area (Å²) in [4.78, 5) is 0. The first-order chi connectivity index (χ1) is 7.33. The molecule has 0 amide bonds. The quantitative estimate of drug-likeness (QED) is 0.698. The number of hydrogen-bond donors (Lipinski definition) is 1. The largest absolute Gasteiger partial charge is 0.496 e. The summed E-state index contributed by atoms with van der Waals surface area (Å²) in [5.74, 6) is 1.90. The van der Waals surface area contributed by atoms with Crippen molar-refractivity contribution < 1.29 is 4.74 Å². The van der Waals surface area contributed by atoms with Crippen LogP contribution in [0.25, 0.3) is 0 Å². The molecule has 1 unspecified atom stereocenters. The Kier molecular flexibility index (Phi) is 5.77. The minimum absolute atomic E-state index is 0.447. The van der Waals surface area contributed by atoms with Crippen LogP contribution in [0.3, 0.4) is 0 Å². The highest BCUT2D eigenvalue weighted by Crippen LogP contribution is 2.23. The van der Waals surface area contributed by atoms with Crippen LogP contribution >= 0.6 is 0 Å². The van der Waals surface area contributed by atoms with Crippen molar-refractivity contribution in [3.05, 3.63) is 11.8 Å². The maximum atomic E-state index is 5.70. The monoisotopic (exact) mass is 211 g/mol. The van der Waals surface area contributed by atoms with E-state index in [1.54, 1.807) is 0 Å². The standard InChI is InChI=1S/C13H25NO/c1-4-9-14-13(11(5-2)6-3)12-8-7-10-15-12/h8,11,13-14H,4-7,9-10H2,1-3H3. The van der Waals surface area contributed by atoms with Gasteiger partial charge in [-0.15, -0.1) is 0 Å². The highest BCUT2D eigenvalue weighted by atomic mass is 16.5. The van der Waals surface area contributed by atoms with Gasteiger partial charge in [-0.3, -0.25) is 0 Å². The third kappa shape index (κ3) is 3.53. The summed E-state index contributed by atoms with van der Waals surface area (Å²) in [6, 6.07) is 0.447. The van der Waals surface area contributed by atoms with Crippen LogP contribution in [-0.2, 0) is 4.74 Å². The molecule has 0 bridgehead atoms. The molecule has 2 nitrogen and oxygen atoms in total. The first-order valence-corrected chi connectivity index (χ1v) is 6.39. The lowest BCUT2D eigenvalue weighted by molar-refractivity contribution is 0.188. The Morgan fingerprint density at radius 3 is 2.53 bits per heavy atom. The number of ether oxygens (including phenoxy) is 1. The van der Waals surface area contributed by atoms with E-state index in [1.807, 2.05) is 0 Å². The fourth-order valence-electron chi connectivity index (χ4n) is 2.21. The van der Waals surface area contributed by atoms with Crippen LogP contribution in [0.5, 0.6) is 0 Å². The van der Waals surface area contributed by atoms with Gasteiger partial charge in [0.05, 0.1) is 12.6 Å². The van der Waals surface area contributed by atoms with Crippen molar-refractivity contribution in [3.8, 4) is 0 Å². The number of rotatable bonds is 7. The topological polar surface area (TPSA) is 21.3 Å². The Hall–Kier alpha value is -0.500. The Bertz CT molecular complexity index is 197. The third-order valence-corrected chi connectivity index (χ3v) is 3.17. The molecule has 88 valence electrons. The van der Waals surface area contributed by atoms with Gasteiger partial charge in [0.1, 0.15) is 5.76 Å². The molecule has 1 rings (SSSR count). The zero-order valence-electron chi connectivity index (χ0n) is 10.4. The third-order valence-electron chi connectivity index (χ3n) is 3.17. The second kappa shape index (κ2) is 6.89. The highest BCUT2D eigenvalue weighted by molar-refractivity contribution is 5.08. The van der Waals surface area contributed by atoms with Gasteiger partial charge in [-0.25, -0.2) is 0 Å². The molecule has 15 heavy (non-hydrogen) atoms. The van der Waals surface area contributed by atoms with Gasteiger partial charge < -0.3 is 10.1 Å². The molecule has 0 aliphatic carbocycles. The Morgan fingerprint density at radius 1 is 1.33 bits per heavy atom. The Balaban J connectivity index is 2.58. The van der Waals surface area contributed by atoms with Crippen LogP contribution in [0.2, 0.25) is 0 Å². The van der Waals surface area contributed by atoms with E-state index in [0.29, 0.717) is 12.0 Å². The molecule has 1 aliphatic heterocycles. The molecule has 2 heteroatoms. The lowest BCUT2D eigenvalue weighted by Gasteiger charge is -2.27. The minimum Gasteiger partial charge on any atom is -0.496 e. The van der Waals surface area contributed by atoms with Crippen molar-refractivity contribution in [1.29, 1.82) is 0 Å². The molecular weight excluding hydrogens is 186 g/mol. The Morgan fingerprint density at radius 2 is 2.07 bits per heavy atom. The zero-order chi connectivity index (χ0) is 11.1. The number of nitrogens with one attached hydrogen (secondary N) is 1. The van der Waals surface area contributed by atoms with Gasteiger partial charge >= 0.3 is 0 Å². The van der Waals surface area contributed by atoms with E-state index in [-0.39, 0.29) is 0 Å². The molecule has 0 saturated heterocycles. The second-order valence-electron chi connectivity index (χ2n) is 4.25. The molecular formula is C13H25NO. The smallest absolute Gasteiger partial charge is 0.109 e. The summed E-state index contributed by atoms with van der Waals surface area (Å²) in [6.07, 6.45) is 6.96. The van der Waals surface area contributed by atoms with Gasteiger partial charge in [0.15, 0.2) is 0 Å². The maximum absolute atomic E-state index is 5.70. The van der Waals surface area contributed by atoms with Gasteiger partial charge in [-0.1, -0.05) is 33.6 Å². The molecule has 1 aliphatic rings. The lowest BCUT2D eigenvalue weighted by Crippen LogP contribution is -2.38. The summed E-state index contributed by atoms with van der Waals surface area (Å²) in [5, 5.41) is 3.62. The molecule has 0 spiro atoms. The van der Waals surface area contributed by atoms with Crippen molar-refractivity contribution in [1.82, 2.24) is 5.32 Å². The van der Waals surface area contributed by atoms with Crippen molar-refractivity contribution >= 4 is 0 Å².